The van der Waals surface area contributed by atoms with Gasteiger partial charge in [0.25, 0.3) is 5.19 Å². The molecule has 2 fully saturated rings. The SMILES string of the molecule is NC(=O)N1CC2CC2C1CNCc1cccc(Oc2nc3ccccc3s2)c1. The number of hydrogen-bond donors (Lipinski definition) is 2. The van der Waals surface area contributed by atoms with E-state index in [9.17, 15) is 4.79 Å². The van der Waals surface area contributed by atoms with Gasteiger partial charge < -0.3 is 20.7 Å². The first-order chi connectivity index (χ1) is 13.7. The van der Waals surface area contributed by atoms with E-state index in [0.29, 0.717) is 17.0 Å². The number of thiazole rings is 1. The van der Waals surface area contributed by atoms with Crippen molar-refractivity contribution in [2.75, 3.05) is 13.1 Å². The molecule has 3 aromatic rings. The zero-order chi connectivity index (χ0) is 19.1. The molecule has 0 bridgehead atoms. The van der Waals surface area contributed by atoms with Gasteiger partial charge in [0.05, 0.1) is 10.2 Å². The number of aromatic nitrogens is 1. The number of benzene rings is 2. The van der Waals surface area contributed by atoms with E-state index in [1.54, 1.807) is 11.3 Å². The summed E-state index contributed by atoms with van der Waals surface area (Å²) >= 11 is 1.54. The van der Waals surface area contributed by atoms with Crippen LogP contribution in [0.1, 0.15) is 12.0 Å². The highest BCUT2D eigenvalue weighted by atomic mass is 32.1. The van der Waals surface area contributed by atoms with Gasteiger partial charge in [-0.25, -0.2) is 9.78 Å². The highest BCUT2D eigenvalue weighted by molar-refractivity contribution is 7.20. The predicted octanol–water partition coefficient (Wildman–Crippen LogP) is 3.58. The minimum atomic E-state index is -0.301. The van der Waals surface area contributed by atoms with Gasteiger partial charge in [-0.1, -0.05) is 35.6 Å². The standard InChI is InChI=1S/C21H22N4O2S/c22-20(26)25-12-14-9-16(14)18(25)11-23-10-13-4-3-5-15(8-13)27-21-24-17-6-1-2-7-19(17)28-21/h1-8,14,16,18,23H,9-12H2,(H2,22,26). The number of para-hydroxylation sites is 1. The van der Waals surface area contributed by atoms with Crippen molar-refractivity contribution in [2.45, 2.75) is 19.0 Å². The summed E-state index contributed by atoms with van der Waals surface area (Å²) in [6, 6.07) is 16.0. The second-order valence-electron chi connectivity index (χ2n) is 7.55. The number of nitrogens with one attached hydrogen (secondary N) is 1. The molecule has 144 valence electrons. The molecule has 2 aromatic carbocycles. The number of nitrogens with zero attached hydrogens (tertiary/aromatic N) is 2. The zero-order valence-corrected chi connectivity index (χ0v) is 16.2. The van der Waals surface area contributed by atoms with E-state index < -0.39 is 0 Å². The Hall–Kier alpha value is -2.64. The topological polar surface area (TPSA) is 80.5 Å². The molecule has 0 radical (unpaired) electrons. The second kappa shape index (κ2) is 7.07. The van der Waals surface area contributed by atoms with Crippen molar-refractivity contribution in [3.63, 3.8) is 0 Å². The molecule has 3 unspecified atom stereocenters. The van der Waals surface area contributed by atoms with Crippen molar-refractivity contribution in [3.05, 3.63) is 54.1 Å². The first kappa shape index (κ1) is 17.5. The number of ether oxygens (including phenoxy) is 1. The molecule has 1 aliphatic carbocycles. The van der Waals surface area contributed by atoms with E-state index in [-0.39, 0.29) is 12.1 Å². The molecule has 28 heavy (non-hydrogen) atoms. The van der Waals surface area contributed by atoms with Crippen LogP contribution in [-0.2, 0) is 6.54 Å². The fourth-order valence-corrected chi connectivity index (χ4v) is 5.00. The Bertz CT molecular complexity index is 987. The van der Waals surface area contributed by atoms with Crippen molar-refractivity contribution in [3.8, 4) is 10.9 Å². The zero-order valence-electron chi connectivity index (χ0n) is 15.4. The number of primary amides is 1. The quantitative estimate of drug-likeness (QED) is 0.670. The largest absolute Gasteiger partial charge is 0.431 e. The number of hydrogen-bond acceptors (Lipinski definition) is 5. The van der Waals surface area contributed by atoms with E-state index in [1.807, 2.05) is 47.4 Å². The van der Waals surface area contributed by atoms with Crippen LogP contribution in [0, 0.1) is 11.8 Å². The third-order valence-electron chi connectivity index (χ3n) is 5.65. The lowest BCUT2D eigenvalue weighted by molar-refractivity contribution is 0.190. The Morgan fingerprint density at radius 1 is 1.29 bits per heavy atom. The molecule has 3 atom stereocenters. The van der Waals surface area contributed by atoms with Crippen LogP contribution < -0.4 is 15.8 Å². The number of carbonyl (C=O) groups is 1. The Morgan fingerprint density at radius 2 is 2.18 bits per heavy atom. The molecule has 1 aromatic heterocycles. The summed E-state index contributed by atoms with van der Waals surface area (Å²) in [7, 11) is 0. The molecule has 2 amide bonds. The second-order valence-corrected chi connectivity index (χ2v) is 8.54. The van der Waals surface area contributed by atoms with Crippen LogP contribution in [0.15, 0.2) is 48.5 Å². The number of carbonyl (C=O) groups excluding carboxylic acids is 1. The van der Waals surface area contributed by atoms with Crippen molar-refractivity contribution in [2.24, 2.45) is 17.6 Å². The number of urea groups is 1. The van der Waals surface area contributed by atoms with E-state index in [0.717, 1.165) is 41.2 Å². The molecule has 7 heteroatoms. The van der Waals surface area contributed by atoms with Gasteiger partial charge >= 0.3 is 6.03 Å². The van der Waals surface area contributed by atoms with Crippen LogP contribution in [-0.4, -0.2) is 35.0 Å². The third-order valence-corrected chi connectivity index (χ3v) is 6.56. The van der Waals surface area contributed by atoms with Gasteiger partial charge in [-0.05, 0) is 48.1 Å². The summed E-state index contributed by atoms with van der Waals surface area (Å²) < 4.78 is 7.08. The van der Waals surface area contributed by atoms with Crippen molar-refractivity contribution < 1.29 is 9.53 Å². The van der Waals surface area contributed by atoms with Crippen LogP contribution in [0.5, 0.6) is 10.9 Å². The van der Waals surface area contributed by atoms with Crippen LogP contribution >= 0.6 is 11.3 Å². The number of likely N-dealkylation sites (tertiary alicyclic amines) is 1. The molecule has 1 saturated carbocycles. The maximum Gasteiger partial charge on any atom is 0.315 e. The number of piperidine rings is 1. The van der Waals surface area contributed by atoms with Crippen LogP contribution in [0.2, 0.25) is 0 Å². The summed E-state index contributed by atoms with van der Waals surface area (Å²) in [5, 5.41) is 4.13. The van der Waals surface area contributed by atoms with Crippen LogP contribution in [0.3, 0.4) is 0 Å². The Kier molecular flexibility index (Phi) is 4.41. The molecule has 5 rings (SSSR count). The fraction of sp³-hybridized carbons (Fsp3) is 0.333. The average molecular weight is 395 g/mol. The van der Waals surface area contributed by atoms with Crippen LogP contribution in [0.25, 0.3) is 10.2 Å². The first-order valence-electron chi connectivity index (χ1n) is 9.56. The molecule has 2 heterocycles. The van der Waals surface area contributed by atoms with Crippen LogP contribution in [0.4, 0.5) is 4.79 Å². The predicted molar refractivity (Wildman–Crippen MR) is 110 cm³/mol. The normalized spacial score (nSPS) is 23.0. The minimum absolute atomic E-state index is 0.227. The highest BCUT2D eigenvalue weighted by Crippen LogP contribution is 2.49. The molecular weight excluding hydrogens is 372 g/mol. The molecular formula is C21H22N4O2S. The lowest BCUT2D eigenvalue weighted by atomic mass is 10.1. The maximum atomic E-state index is 11.6. The van der Waals surface area contributed by atoms with E-state index in [4.69, 9.17) is 10.5 Å². The molecule has 1 saturated heterocycles. The lowest BCUT2D eigenvalue weighted by Gasteiger charge is -2.26. The van der Waals surface area contributed by atoms with Gasteiger partial charge in [0, 0.05) is 25.7 Å². The van der Waals surface area contributed by atoms with Gasteiger partial charge in [-0.15, -0.1) is 0 Å². The summed E-state index contributed by atoms with van der Waals surface area (Å²) in [5.74, 6) is 2.05. The molecule has 0 spiro atoms. The fourth-order valence-electron chi connectivity index (χ4n) is 4.17. The molecule has 2 aliphatic rings. The molecule has 3 N–H and O–H groups in total. The van der Waals surface area contributed by atoms with E-state index >= 15 is 0 Å². The summed E-state index contributed by atoms with van der Waals surface area (Å²) in [6.07, 6.45) is 1.22. The number of rotatable bonds is 6. The average Bonchev–Trinajstić information content (AvgIpc) is 3.18. The maximum absolute atomic E-state index is 11.6. The Morgan fingerprint density at radius 3 is 3.04 bits per heavy atom. The first-order valence-corrected chi connectivity index (χ1v) is 10.4. The Balaban J connectivity index is 1.20. The number of fused-ring (bicyclic) bond motifs is 2. The molecule has 6 nitrogen and oxygen atoms in total. The lowest BCUT2D eigenvalue weighted by Crippen LogP contribution is -2.46. The van der Waals surface area contributed by atoms with Crippen molar-refractivity contribution in [1.82, 2.24) is 15.2 Å². The van der Waals surface area contributed by atoms with Crippen molar-refractivity contribution >= 4 is 27.6 Å². The summed E-state index contributed by atoms with van der Waals surface area (Å²) in [6.45, 7) is 2.31. The van der Waals surface area contributed by atoms with Gasteiger partial charge in [0.2, 0.25) is 0 Å². The number of amides is 2. The van der Waals surface area contributed by atoms with Gasteiger partial charge in [-0.2, -0.15) is 0 Å². The smallest absolute Gasteiger partial charge is 0.315 e. The molecule has 1 aliphatic heterocycles. The summed E-state index contributed by atoms with van der Waals surface area (Å²) in [5.41, 5.74) is 7.60. The third kappa shape index (κ3) is 3.43. The monoisotopic (exact) mass is 394 g/mol. The summed E-state index contributed by atoms with van der Waals surface area (Å²) in [4.78, 5) is 17.9. The highest BCUT2D eigenvalue weighted by Gasteiger charge is 2.53. The van der Waals surface area contributed by atoms with Gasteiger partial charge in [-0.3, -0.25) is 0 Å². The Labute approximate surface area is 167 Å². The van der Waals surface area contributed by atoms with Gasteiger partial charge in [0.15, 0.2) is 0 Å². The van der Waals surface area contributed by atoms with Crippen molar-refractivity contribution in [1.29, 1.82) is 0 Å². The minimum Gasteiger partial charge on any atom is -0.431 e. The van der Waals surface area contributed by atoms with E-state index in [2.05, 4.69) is 16.4 Å². The van der Waals surface area contributed by atoms with Gasteiger partial charge in [0.1, 0.15) is 5.75 Å². The van der Waals surface area contributed by atoms with E-state index in [1.165, 1.54) is 6.42 Å². The number of nitrogens with two attached hydrogens (primary N) is 1.